The topological polar surface area (TPSA) is 98.8 Å². The van der Waals surface area contributed by atoms with Crippen molar-refractivity contribution in [2.75, 3.05) is 31.7 Å². The molecule has 1 rings (SSSR count). The highest BCUT2D eigenvalue weighted by molar-refractivity contribution is 7.63. The summed E-state index contributed by atoms with van der Waals surface area (Å²) in [5.41, 5.74) is -0.0915. The van der Waals surface area contributed by atoms with E-state index in [1.165, 1.54) is 6.92 Å². The molecular weight excluding hydrogens is 405 g/mol. The van der Waals surface area contributed by atoms with Crippen LogP contribution < -0.4 is 5.32 Å². The van der Waals surface area contributed by atoms with Gasteiger partial charge in [-0.15, -0.1) is 0 Å². The number of rotatable bonds is 13. The van der Waals surface area contributed by atoms with Crippen LogP contribution in [-0.4, -0.2) is 55.2 Å². The minimum Gasteiger partial charge on any atom is -0.462 e. The molecule has 1 unspecified atom stereocenters. The molecular formula is C22H32NO6P. The number of aryl methyl sites for hydroxylation is 1. The molecule has 1 aromatic carbocycles. The number of carbonyl (C=O) groups is 2. The van der Waals surface area contributed by atoms with Gasteiger partial charge in [-0.2, -0.15) is 0 Å². The molecule has 0 fully saturated rings. The second kappa shape index (κ2) is 12.5. The highest BCUT2D eigenvalue weighted by Crippen LogP contribution is 2.45. The fraction of sp³-hybridized carbons (Fsp3) is 0.545. The Bertz CT molecular complexity index is 810. The van der Waals surface area contributed by atoms with Crippen LogP contribution in [-0.2, 0) is 41.3 Å². The smallest absolute Gasteiger partial charge is 0.360 e. The first-order valence-corrected chi connectivity index (χ1v) is 12.4. The summed E-state index contributed by atoms with van der Waals surface area (Å²) in [4.78, 5) is 35.3. The van der Waals surface area contributed by atoms with E-state index in [0.29, 0.717) is 24.9 Å². The van der Waals surface area contributed by atoms with Crippen molar-refractivity contribution in [3.63, 3.8) is 0 Å². The Hall–Kier alpha value is -2.20. The van der Waals surface area contributed by atoms with Crippen LogP contribution in [0.2, 0.25) is 0 Å². The number of nitrogens with one attached hydrogen (secondary N) is 1. The van der Waals surface area contributed by atoms with E-state index in [2.05, 4.69) is 5.32 Å². The molecule has 1 aromatic rings. The maximum absolute atomic E-state index is 12.8. The number of ether oxygens (including phenoxy) is 2. The normalized spacial score (nSPS) is 13.1. The maximum atomic E-state index is 12.8. The van der Waals surface area contributed by atoms with Gasteiger partial charge in [-0.1, -0.05) is 38.1 Å². The van der Waals surface area contributed by atoms with Crippen LogP contribution in [0.1, 0.15) is 38.8 Å². The molecule has 0 aromatic heterocycles. The van der Waals surface area contributed by atoms with Crippen molar-refractivity contribution in [3.8, 4) is 0 Å². The number of hydrogen-bond acceptors (Lipinski definition) is 6. The summed E-state index contributed by atoms with van der Waals surface area (Å²) in [5, 5.41) is 2.57. The second-order valence-electron chi connectivity index (χ2n) is 6.97. The average Bonchev–Trinajstić information content (AvgIpc) is 2.72. The lowest BCUT2D eigenvalue weighted by atomic mass is 9.96. The van der Waals surface area contributed by atoms with E-state index in [1.807, 2.05) is 38.1 Å². The first kappa shape index (κ1) is 25.8. The summed E-state index contributed by atoms with van der Waals surface area (Å²) in [7, 11) is -2.23. The van der Waals surface area contributed by atoms with Crippen molar-refractivity contribution in [3.05, 3.63) is 41.5 Å². The number of esters is 1. The third-order valence-electron chi connectivity index (χ3n) is 4.98. The van der Waals surface area contributed by atoms with Gasteiger partial charge in [0.1, 0.15) is 5.94 Å². The number of amides is 1. The van der Waals surface area contributed by atoms with Crippen LogP contribution in [0.5, 0.6) is 0 Å². The Kier molecular flexibility index (Phi) is 10.8. The summed E-state index contributed by atoms with van der Waals surface area (Å²) in [5.74, 6) is 0.371. The van der Waals surface area contributed by atoms with Crippen molar-refractivity contribution in [2.45, 2.75) is 46.3 Å². The van der Waals surface area contributed by atoms with Crippen molar-refractivity contribution in [1.29, 1.82) is 0 Å². The molecule has 8 heteroatoms. The lowest BCUT2D eigenvalue weighted by Crippen LogP contribution is -2.58. The van der Waals surface area contributed by atoms with Crippen molar-refractivity contribution < 1.29 is 28.4 Å². The molecule has 0 radical (unpaired) electrons. The van der Waals surface area contributed by atoms with E-state index in [0.717, 1.165) is 17.2 Å². The van der Waals surface area contributed by atoms with Crippen LogP contribution in [0.4, 0.5) is 0 Å². The summed E-state index contributed by atoms with van der Waals surface area (Å²) < 4.78 is 23.7. The molecule has 1 amide bonds. The molecule has 0 spiro atoms. The van der Waals surface area contributed by atoms with Gasteiger partial charge in [0.25, 0.3) is 0 Å². The number of carbonyl (C=O) groups excluding carboxylic acids is 3. The van der Waals surface area contributed by atoms with Crippen molar-refractivity contribution >= 4 is 25.0 Å². The second-order valence-corrected chi connectivity index (χ2v) is 10.8. The van der Waals surface area contributed by atoms with E-state index >= 15 is 0 Å². The predicted molar refractivity (Wildman–Crippen MR) is 117 cm³/mol. The van der Waals surface area contributed by atoms with Gasteiger partial charge in [0, 0.05) is 25.6 Å². The van der Waals surface area contributed by atoms with E-state index in [-0.39, 0.29) is 19.6 Å². The minimum absolute atomic E-state index is 0.0107. The van der Waals surface area contributed by atoms with E-state index in [1.54, 1.807) is 12.9 Å². The molecule has 1 atom stereocenters. The standard InChI is InChI=1S/C22H32NO6P/c1-5-28-21(26)22(23-18(4)25,29-15-10-14-24)17-20-12-9-8-11-19(20)13-16-30(27,6-2)7-3/h8-12H,5-7,13,15-17H2,1-4H3,(H,23,25). The molecule has 0 aliphatic rings. The van der Waals surface area contributed by atoms with Gasteiger partial charge in [-0.05, 0) is 36.8 Å². The Labute approximate surface area is 178 Å². The molecule has 1 N–H and O–H groups in total. The van der Waals surface area contributed by atoms with Gasteiger partial charge in [-0.25, -0.2) is 9.59 Å². The fourth-order valence-corrected chi connectivity index (χ4v) is 4.90. The Morgan fingerprint density at radius 1 is 1.17 bits per heavy atom. The highest BCUT2D eigenvalue weighted by atomic mass is 31.2. The first-order chi connectivity index (χ1) is 14.3. The molecule has 166 valence electrons. The van der Waals surface area contributed by atoms with Crippen LogP contribution >= 0.6 is 7.14 Å². The van der Waals surface area contributed by atoms with Gasteiger partial charge in [0.2, 0.25) is 11.6 Å². The lowest BCUT2D eigenvalue weighted by molar-refractivity contribution is -0.178. The van der Waals surface area contributed by atoms with Gasteiger partial charge in [0.15, 0.2) is 0 Å². The summed E-state index contributed by atoms with van der Waals surface area (Å²) in [6.45, 7) is 6.69. The fourth-order valence-electron chi connectivity index (χ4n) is 3.17. The lowest BCUT2D eigenvalue weighted by Gasteiger charge is -2.32. The zero-order chi connectivity index (χ0) is 22.6. The van der Waals surface area contributed by atoms with Crippen LogP contribution in [0.25, 0.3) is 0 Å². The molecule has 0 saturated heterocycles. The molecule has 0 heterocycles. The Balaban J connectivity index is 3.30. The summed E-state index contributed by atoms with van der Waals surface area (Å²) in [6, 6.07) is 7.46. The Morgan fingerprint density at radius 2 is 1.80 bits per heavy atom. The van der Waals surface area contributed by atoms with Gasteiger partial charge in [0.05, 0.1) is 20.4 Å². The predicted octanol–water partition coefficient (Wildman–Crippen LogP) is 2.97. The first-order valence-electron chi connectivity index (χ1n) is 10.2. The van der Waals surface area contributed by atoms with E-state index in [9.17, 15) is 18.9 Å². The van der Waals surface area contributed by atoms with Crippen LogP contribution in [0, 0.1) is 0 Å². The minimum atomic E-state index is -2.23. The van der Waals surface area contributed by atoms with Crippen molar-refractivity contribution in [1.82, 2.24) is 5.32 Å². The third kappa shape index (κ3) is 7.56. The molecule has 0 aliphatic heterocycles. The van der Waals surface area contributed by atoms with Gasteiger partial charge < -0.3 is 19.4 Å². The number of hydrogen-bond donors (Lipinski definition) is 1. The van der Waals surface area contributed by atoms with E-state index in [4.69, 9.17) is 9.47 Å². The highest BCUT2D eigenvalue weighted by Gasteiger charge is 2.43. The third-order valence-corrected chi connectivity index (χ3v) is 8.32. The van der Waals surface area contributed by atoms with Crippen LogP contribution in [0.15, 0.2) is 30.3 Å². The summed E-state index contributed by atoms with van der Waals surface area (Å²) >= 11 is 0. The van der Waals surface area contributed by atoms with Gasteiger partial charge >= 0.3 is 5.97 Å². The molecule has 0 aliphatic carbocycles. The number of benzene rings is 1. The molecule has 0 bridgehead atoms. The van der Waals surface area contributed by atoms with Gasteiger partial charge in [-0.3, -0.25) is 4.79 Å². The largest absolute Gasteiger partial charge is 0.462 e. The van der Waals surface area contributed by atoms with Crippen molar-refractivity contribution in [2.24, 2.45) is 0 Å². The average molecular weight is 437 g/mol. The van der Waals surface area contributed by atoms with Crippen LogP contribution in [0.3, 0.4) is 0 Å². The maximum Gasteiger partial charge on any atom is 0.360 e. The SMILES string of the molecule is CCOC(=O)C(Cc1ccccc1CCP(=O)(CC)CC)(NC(C)=O)OCC=C=O. The Morgan fingerprint density at radius 3 is 2.33 bits per heavy atom. The molecule has 0 saturated carbocycles. The quantitative estimate of drug-likeness (QED) is 0.220. The monoisotopic (exact) mass is 437 g/mol. The molecule has 30 heavy (non-hydrogen) atoms. The molecule has 7 nitrogen and oxygen atoms in total. The zero-order valence-electron chi connectivity index (χ0n) is 18.2. The van der Waals surface area contributed by atoms with E-state index < -0.39 is 24.7 Å². The zero-order valence-corrected chi connectivity index (χ0v) is 19.1. The summed E-state index contributed by atoms with van der Waals surface area (Å²) in [6.07, 6.45) is 3.54.